The number of nitrogens with one attached hydrogen (secondary N) is 1. The number of rotatable bonds is 4. The summed E-state index contributed by atoms with van der Waals surface area (Å²) in [5, 5.41) is 3.27. The van der Waals surface area contributed by atoms with Crippen molar-refractivity contribution in [3.63, 3.8) is 0 Å². The van der Waals surface area contributed by atoms with Crippen molar-refractivity contribution in [1.82, 2.24) is 4.98 Å². The van der Waals surface area contributed by atoms with E-state index in [-0.39, 0.29) is 23.7 Å². The number of anilines is 1. The molecule has 1 aromatic carbocycles. The maximum atomic E-state index is 12.3. The van der Waals surface area contributed by atoms with Gasteiger partial charge in [-0.25, -0.2) is 4.98 Å². The smallest absolute Gasteiger partial charge is 0.310 e. The number of ether oxygens (including phenoxy) is 1. The minimum absolute atomic E-state index is 0.0458. The highest BCUT2D eigenvalue weighted by atomic mass is 32.1. The minimum Gasteiger partial charge on any atom is -0.469 e. The molecule has 0 saturated carbocycles. The summed E-state index contributed by atoms with van der Waals surface area (Å²) in [6, 6.07) is 7.55. The van der Waals surface area contributed by atoms with Crippen LogP contribution in [0, 0.1) is 6.92 Å². The molecule has 0 spiro atoms. The number of thiazole rings is 1. The SMILES string of the molecule is COC(=O)Cc1sc(NC(=O)c2ccc(C(C)(C)C)cc2)nc1C. The summed E-state index contributed by atoms with van der Waals surface area (Å²) in [5.74, 6) is -0.536. The second-order valence-corrected chi connectivity index (χ2v) is 7.65. The van der Waals surface area contributed by atoms with Crippen molar-refractivity contribution in [2.24, 2.45) is 0 Å². The van der Waals surface area contributed by atoms with Crippen LogP contribution in [-0.2, 0) is 21.4 Å². The topological polar surface area (TPSA) is 68.3 Å². The second kappa shape index (κ2) is 7.13. The number of hydrogen-bond donors (Lipinski definition) is 1. The van der Waals surface area contributed by atoms with Gasteiger partial charge in [-0.05, 0) is 30.0 Å². The van der Waals surface area contributed by atoms with E-state index in [0.717, 1.165) is 10.6 Å². The van der Waals surface area contributed by atoms with Gasteiger partial charge in [0.2, 0.25) is 0 Å². The Labute approximate surface area is 146 Å². The highest BCUT2D eigenvalue weighted by molar-refractivity contribution is 7.16. The number of amides is 1. The molecule has 6 heteroatoms. The molecule has 1 N–H and O–H groups in total. The maximum absolute atomic E-state index is 12.3. The second-order valence-electron chi connectivity index (χ2n) is 6.56. The molecular formula is C18H22N2O3S. The number of nitrogens with zero attached hydrogens (tertiary/aromatic N) is 1. The molecule has 2 aromatic rings. The van der Waals surface area contributed by atoms with Gasteiger partial charge in [0.1, 0.15) is 0 Å². The average Bonchev–Trinajstić information content (AvgIpc) is 2.85. The van der Waals surface area contributed by atoms with Gasteiger partial charge in [0, 0.05) is 10.4 Å². The van der Waals surface area contributed by atoms with E-state index in [4.69, 9.17) is 0 Å². The number of benzene rings is 1. The predicted octanol–water partition coefficient (Wildman–Crippen LogP) is 3.72. The lowest BCUT2D eigenvalue weighted by atomic mass is 9.87. The van der Waals surface area contributed by atoms with Crippen LogP contribution in [0.25, 0.3) is 0 Å². The van der Waals surface area contributed by atoms with Crippen molar-refractivity contribution in [1.29, 1.82) is 0 Å². The number of hydrogen-bond acceptors (Lipinski definition) is 5. The molecule has 0 aliphatic carbocycles. The molecule has 0 saturated heterocycles. The van der Waals surface area contributed by atoms with Crippen LogP contribution < -0.4 is 5.32 Å². The first-order valence-electron chi connectivity index (χ1n) is 7.65. The summed E-state index contributed by atoms with van der Waals surface area (Å²) in [6.45, 7) is 8.19. The van der Waals surface area contributed by atoms with Crippen molar-refractivity contribution < 1.29 is 14.3 Å². The first-order chi connectivity index (χ1) is 11.2. The highest BCUT2D eigenvalue weighted by Crippen LogP contribution is 2.25. The van der Waals surface area contributed by atoms with E-state index in [1.807, 2.05) is 31.2 Å². The molecule has 1 amide bonds. The zero-order valence-electron chi connectivity index (χ0n) is 14.6. The average molecular weight is 346 g/mol. The van der Waals surface area contributed by atoms with Crippen molar-refractivity contribution in [2.75, 3.05) is 12.4 Å². The lowest BCUT2D eigenvalue weighted by Crippen LogP contribution is -2.14. The third kappa shape index (κ3) is 4.41. The van der Waals surface area contributed by atoms with Crippen LogP contribution >= 0.6 is 11.3 Å². The zero-order valence-corrected chi connectivity index (χ0v) is 15.4. The zero-order chi connectivity index (χ0) is 17.9. The fourth-order valence-electron chi connectivity index (χ4n) is 2.14. The van der Waals surface area contributed by atoms with Crippen LogP contribution in [0.4, 0.5) is 5.13 Å². The van der Waals surface area contributed by atoms with E-state index in [0.29, 0.717) is 10.7 Å². The molecule has 0 bridgehead atoms. The molecule has 0 aliphatic rings. The Kier molecular flexibility index (Phi) is 5.39. The fraction of sp³-hybridized carbons (Fsp3) is 0.389. The van der Waals surface area contributed by atoms with E-state index >= 15 is 0 Å². The standard InChI is InChI=1S/C18H22N2O3S/c1-11-14(10-15(21)23-5)24-17(19-11)20-16(22)12-6-8-13(9-7-12)18(2,3)4/h6-9H,10H2,1-5H3,(H,19,20,22). The van der Waals surface area contributed by atoms with Gasteiger partial charge >= 0.3 is 5.97 Å². The van der Waals surface area contributed by atoms with Gasteiger partial charge < -0.3 is 4.74 Å². The molecule has 0 radical (unpaired) electrons. The number of esters is 1. The Hall–Kier alpha value is -2.21. The maximum Gasteiger partial charge on any atom is 0.310 e. The number of methoxy groups -OCH3 is 1. The molecule has 5 nitrogen and oxygen atoms in total. The lowest BCUT2D eigenvalue weighted by Gasteiger charge is -2.18. The van der Waals surface area contributed by atoms with E-state index in [1.165, 1.54) is 24.0 Å². The van der Waals surface area contributed by atoms with Gasteiger partial charge in [0.25, 0.3) is 5.91 Å². The van der Waals surface area contributed by atoms with Crippen molar-refractivity contribution >= 4 is 28.3 Å². The van der Waals surface area contributed by atoms with Gasteiger partial charge in [0.15, 0.2) is 5.13 Å². The fourth-order valence-corrected chi connectivity index (χ4v) is 3.08. The number of carbonyl (C=O) groups excluding carboxylic acids is 2. The molecule has 2 rings (SSSR count). The molecule has 0 aliphatic heterocycles. The largest absolute Gasteiger partial charge is 0.469 e. The quantitative estimate of drug-likeness (QED) is 0.857. The van der Waals surface area contributed by atoms with Gasteiger partial charge in [-0.3, -0.25) is 14.9 Å². The van der Waals surface area contributed by atoms with Crippen LogP contribution in [0.15, 0.2) is 24.3 Å². The monoisotopic (exact) mass is 346 g/mol. The van der Waals surface area contributed by atoms with E-state index in [1.54, 1.807) is 0 Å². The predicted molar refractivity (Wildman–Crippen MR) is 95.7 cm³/mol. The Morgan fingerprint density at radius 3 is 2.38 bits per heavy atom. The summed E-state index contributed by atoms with van der Waals surface area (Å²) >= 11 is 1.29. The van der Waals surface area contributed by atoms with E-state index in [9.17, 15) is 9.59 Å². The first kappa shape index (κ1) is 18.1. The third-order valence-corrected chi connectivity index (χ3v) is 4.73. The summed E-state index contributed by atoms with van der Waals surface area (Å²) < 4.78 is 4.66. The molecule has 128 valence electrons. The van der Waals surface area contributed by atoms with Crippen LogP contribution in [-0.4, -0.2) is 24.0 Å². The van der Waals surface area contributed by atoms with E-state index in [2.05, 4.69) is 35.8 Å². The van der Waals surface area contributed by atoms with Gasteiger partial charge in [-0.15, -0.1) is 11.3 Å². The van der Waals surface area contributed by atoms with Crippen LogP contribution in [0.2, 0.25) is 0 Å². The summed E-state index contributed by atoms with van der Waals surface area (Å²) in [5.41, 5.74) is 2.52. The molecule has 0 unspecified atom stereocenters. The lowest BCUT2D eigenvalue weighted by molar-refractivity contribution is -0.139. The Morgan fingerprint density at radius 1 is 1.21 bits per heavy atom. The minimum atomic E-state index is -0.322. The van der Waals surface area contributed by atoms with Gasteiger partial charge in [-0.2, -0.15) is 0 Å². The van der Waals surface area contributed by atoms with Crippen LogP contribution in [0.1, 0.15) is 47.3 Å². The third-order valence-electron chi connectivity index (χ3n) is 3.66. The van der Waals surface area contributed by atoms with Crippen molar-refractivity contribution in [3.05, 3.63) is 46.0 Å². The molecule has 24 heavy (non-hydrogen) atoms. The normalized spacial score (nSPS) is 11.2. The Morgan fingerprint density at radius 2 is 1.83 bits per heavy atom. The summed E-state index contributed by atoms with van der Waals surface area (Å²) in [4.78, 5) is 28.8. The Bertz CT molecular complexity index is 743. The Balaban J connectivity index is 2.09. The number of aromatic nitrogens is 1. The van der Waals surface area contributed by atoms with Crippen LogP contribution in [0.3, 0.4) is 0 Å². The summed E-state index contributed by atoms with van der Waals surface area (Å²) in [7, 11) is 1.35. The molecule has 0 fully saturated rings. The first-order valence-corrected chi connectivity index (χ1v) is 8.47. The number of aryl methyl sites for hydroxylation is 1. The molecular weight excluding hydrogens is 324 g/mol. The molecule has 1 aromatic heterocycles. The van der Waals surface area contributed by atoms with Crippen LogP contribution in [0.5, 0.6) is 0 Å². The van der Waals surface area contributed by atoms with Crippen molar-refractivity contribution in [3.8, 4) is 0 Å². The molecule has 0 atom stereocenters. The highest BCUT2D eigenvalue weighted by Gasteiger charge is 2.16. The molecule has 1 heterocycles. The van der Waals surface area contributed by atoms with E-state index < -0.39 is 0 Å². The van der Waals surface area contributed by atoms with Crippen molar-refractivity contribution in [2.45, 2.75) is 39.5 Å². The van der Waals surface area contributed by atoms with Gasteiger partial charge in [0.05, 0.1) is 19.2 Å². The summed E-state index contributed by atoms with van der Waals surface area (Å²) in [6.07, 6.45) is 0.163. The van der Waals surface area contributed by atoms with Gasteiger partial charge in [-0.1, -0.05) is 32.9 Å². The number of carbonyl (C=O) groups is 2.